The van der Waals surface area contributed by atoms with E-state index in [0.29, 0.717) is 10.9 Å². The van der Waals surface area contributed by atoms with Crippen molar-refractivity contribution in [3.63, 3.8) is 0 Å². The summed E-state index contributed by atoms with van der Waals surface area (Å²) in [5.74, 6) is 1.83. The molecule has 2 aromatic heterocycles. The van der Waals surface area contributed by atoms with Gasteiger partial charge in [0.15, 0.2) is 5.69 Å². The van der Waals surface area contributed by atoms with Crippen molar-refractivity contribution in [3.05, 3.63) is 59.3 Å². The summed E-state index contributed by atoms with van der Waals surface area (Å²) in [6.07, 6.45) is 1.05. The fraction of sp³-hybridized carbons (Fsp3) is 0.391. The molecule has 168 valence electrons. The zero-order valence-electron chi connectivity index (χ0n) is 17.9. The van der Waals surface area contributed by atoms with E-state index in [2.05, 4.69) is 39.1 Å². The van der Waals surface area contributed by atoms with Gasteiger partial charge in [-0.15, -0.1) is 11.8 Å². The van der Waals surface area contributed by atoms with E-state index in [1.807, 2.05) is 36.0 Å². The first-order valence-electron chi connectivity index (χ1n) is 10.6. The molecule has 0 spiro atoms. The summed E-state index contributed by atoms with van der Waals surface area (Å²) < 4.78 is 37.9. The molecule has 0 radical (unpaired) electrons. The van der Waals surface area contributed by atoms with Crippen LogP contribution < -0.4 is 5.32 Å². The van der Waals surface area contributed by atoms with E-state index in [9.17, 15) is 13.2 Å². The summed E-state index contributed by atoms with van der Waals surface area (Å²) in [5, 5.41) is 5.12. The van der Waals surface area contributed by atoms with Gasteiger partial charge in [-0.05, 0) is 24.8 Å². The minimum atomic E-state index is -4.48. The van der Waals surface area contributed by atoms with Crippen LogP contribution in [0.2, 0.25) is 0 Å². The summed E-state index contributed by atoms with van der Waals surface area (Å²) in [4.78, 5) is 16.7. The van der Waals surface area contributed by atoms with Gasteiger partial charge < -0.3 is 5.32 Å². The van der Waals surface area contributed by atoms with Crippen molar-refractivity contribution in [2.45, 2.75) is 56.0 Å². The van der Waals surface area contributed by atoms with Crippen LogP contribution in [0.4, 0.5) is 19.0 Å². The van der Waals surface area contributed by atoms with Crippen LogP contribution in [0.5, 0.6) is 0 Å². The molecule has 1 aliphatic rings. The predicted octanol–water partition coefficient (Wildman–Crippen LogP) is 5.60. The Balaban J connectivity index is 1.33. The second-order valence-corrected chi connectivity index (χ2v) is 9.20. The third-order valence-electron chi connectivity index (χ3n) is 5.26. The molecule has 4 rings (SSSR count). The maximum atomic E-state index is 12.6. The van der Waals surface area contributed by atoms with E-state index < -0.39 is 11.9 Å². The molecule has 5 nitrogen and oxygen atoms in total. The van der Waals surface area contributed by atoms with Crippen molar-refractivity contribution in [3.8, 4) is 11.3 Å². The number of rotatable bonds is 7. The molecule has 1 unspecified atom stereocenters. The van der Waals surface area contributed by atoms with E-state index in [-0.39, 0.29) is 0 Å². The van der Waals surface area contributed by atoms with Gasteiger partial charge in [0.05, 0.1) is 18.1 Å². The van der Waals surface area contributed by atoms with Gasteiger partial charge in [0.25, 0.3) is 0 Å². The zero-order valence-corrected chi connectivity index (χ0v) is 18.7. The largest absolute Gasteiger partial charge is 0.434 e. The second-order valence-electron chi connectivity index (χ2n) is 7.77. The lowest BCUT2D eigenvalue weighted by atomic mass is 10.1. The third-order valence-corrected chi connectivity index (χ3v) is 6.39. The van der Waals surface area contributed by atoms with Crippen molar-refractivity contribution in [2.24, 2.45) is 0 Å². The molecule has 0 saturated heterocycles. The van der Waals surface area contributed by atoms with E-state index in [0.717, 1.165) is 72.4 Å². The molecule has 1 aromatic carbocycles. The van der Waals surface area contributed by atoms with Crippen LogP contribution in [0.3, 0.4) is 0 Å². The number of aromatic nitrogens is 4. The SMILES string of the molecule is CCc1nc(NCCCc2ccc(-c3cnc(C(F)(F)F)cn3)cc2)c2c(n1)SC(C)C2. The van der Waals surface area contributed by atoms with Gasteiger partial charge in [0.1, 0.15) is 16.7 Å². The number of anilines is 1. The number of thioether (sulfide) groups is 1. The molecule has 3 heterocycles. The zero-order chi connectivity index (χ0) is 22.7. The highest BCUT2D eigenvalue weighted by molar-refractivity contribution is 8.00. The van der Waals surface area contributed by atoms with E-state index in [1.165, 1.54) is 5.56 Å². The van der Waals surface area contributed by atoms with E-state index in [1.54, 1.807) is 0 Å². The fourth-order valence-electron chi connectivity index (χ4n) is 3.58. The number of hydrogen-bond donors (Lipinski definition) is 1. The van der Waals surface area contributed by atoms with Crippen LogP contribution in [-0.2, 0) is 25.4 Å². The topological polar surface area (TPSA) is 63.6 Å². The van der Waals surface area contributed by atoms with Crippen LogP contribution in [0.15, 0.2) is 41.7 Å². The minimum Gasteiger partial charge on any atom is -0.370 e. The minimum absolute atomic E-state index is 0.419. The number of fused-ring (bicyclic) bond motifs is 1. The van der Waals surface area contributed by atoms with E-state index in [4.69, 9.17) is 0 Å². The Bertz CT molecular complexity index is 1070. The molecule has 32 heavy (non-hydrogen) atoms. The summed E-state index contributed by atoms with van der Waals surface area (Å²) in [5.41, 5.74) is 2.55. The number of nitrogens with one attached hydrogen (secondary N) is 1. The number of nitrogens with zero attached hydrogens (tertiary/aromatic N) is 4. The molecule has 1 N–H and O–H groups in total. The maximum absolute atomic E-state index is 12.6. The maximum Gasteiger partial charge on any atom is 0.434 e. The van der Waals surface area contributed by atoms with Gasteiger partial charge in [-0.2, -0.15) is 13.2 Å². The molecular formula is C23H24F3N5S. The molecule has 0 fully saturated rings. The van der Waals surface area contributed by atoms with Gasteiger partial charge in [-0.1, -0.05) is 38.1 Å². The normalized spacial score (nSPS) is 15.6. The lowest BCUT2D eigenvalue weighted by molar-refractivity contribution is -0.141. The van der Waals surface area contributed by atoms with Gasteiger partial charge in [0.2, 0.25) is 0 Å². The number of benzene rings is 1. The molecule has 0 saturated carbocycles. The molecule has 0 amide bonds. The molecule has 0 bridgehead atoms. The van der Waals surface area contributed by atoms with Crippen molar-refractivity contribution in [2.75, 3.05) is 11.9 Å². The Morgan fingerprint density at radius 1 is 1.09 bits per heavy atom. The Morgan fingerprint density at radius 2 is 1.88 bits per heavy atom. The van der Waals surface area contributed by atoms with Crippen LogP contribution in [0.1, 0.15) is 42.9 Å². The Kier molecular flexibility index (Phi) is 6.64. The monoisotopic (exact) mass is 459 g/mol. The lowest BCUT2D eigenvalue weighted by Crippen LogP contribution is -2.10. The standard InChI is InChI=1S/C23H24F3N5S/c1-3-20-30-21(17-11-14(2)32-22(17)31-20)27-10-4-5-15-6-8-16(9-7-15)18-12-29-19(13-28-18)23(24,25)26/h6-9,12-14H,3-5,10-11H2,1-2H3,(H,27,30,31). The molecular weight excluding hydrogens is 435 g/mol. The van der Waals surface area contributed by atoms with Gasteiger partial charge in [-0.25, -0.2) is 15.0 Å². The smallest absolute Gasteiger partial charge is 0.370 e. The van der Waals surface area contributed by atoms with Crippen molar-refractivity contribution >= 4 is 17.6 Å². The quantitative estimate of drug-likeness (QED) is 0.367. The molecule has 9 heteroatoms. The molecule has 3 aromatic rings. The highest BCUT2D eigenvalue weighted by atomic mass is 32.2. The average Bonchev–Trinajstić information content (AvgIpc) is 3.16. The van der Waals surface area contributed by atoms with Crippen molar-refractivity contribution < 1.29 is 13.2 Å². The lowest BCUT2D eigenvalue weighted by Gasteiger charge is -2.11. The first-order valence-corrected chi connectivity index (χ1v) is 11.5. The first kappa shape index (κ1) is 22.5. The highest BCUT2D eigenvalue weighted by Gasteiger charge is 2.32. The number of halogens is 3. The van der Waals surface area contributed by atoms with Crippen LogP contribution >= 0.6 is 11.8 Å². The first-order chi connectivity index (χ1) is 15.3. The summed E-state index contributed by atoms with van der Waals surface area (Å²) in [6, 6.07) is 7.68. The Labute approximate surface area is 189 Å². The van der Waals surface area contributed by atoms with Crippen LogP contribution in [0.25, 0.3) is 11.3 Å². The van der Waals surface area contributed by atoms with Crippen LogP contribution in [0, 0.1) is 0 Å². The molecule has 0 aliphatic carbocycles. The van der Waals surface area contributed by atoms with Gasteiger partial charge in [-0.3, -0.25) is 4.98 Å². The second kappa shape index (κ2) is 9.44. The number of aryl methyl sites for hydroxylation is 2. The summed E-state index contributed by atoms with van der Waals surface area (Å²) in [6.45, 7) is 5.08. The number of alkyl halides is 3. The third kappa shape index (κ3) is 5.20. The van der Waals surface area contributed by atoms with Crippen molar-refractivity contribution in [1.82, 2.24) is 19.9 Å². The van der Waals surface area contributed by atoms with Crippen LogP contribution in [-0.4, -0.2) is 31.7 Å². The molecule has 1 atom stereocenters. The van der Waals surface area contributed by atoms with Gasteiger partial charge >= 0.3 is 6.18 Å². The van der Waals surface area contributed by atoms with Crippen molar-refractivity contribution in [1.29, 1.82) is 0 Å². The highest BCUT2D eigenvalue weighted by Crippen LogP contribution is 2.38. The average molecular weight is 460 g/mol. The molecule has 1 aliphatic heterocycles. The number of hydrogen-bond acceptors (Lipinski definition) is 6. The van der Waals surface area contributed by atoms with Gasteiger partial charge in [0, 0.05) is 29.3 Å². The fourth-order valence-corrected chi connectivity index (χ4v) is 4.69. The predicted molar refractivity (Wildman–Crippen MR) is 120 cm³/mol. The summed E-state index contributed by atoms with van der Waals surface area (Å²) in [7, 11) is 0. The Hall–Kier alpha value is -2.68. The van der Waals surface area contributed by atoms with E-state index >= 15 is 0 Å². The Morgan fingerprint density at radius 3 is 2.53 bits per heavy atom. The summed E-state index contributed by atoms with van der Waals surface area (Å²) >= 11 is 1.82.